The number of cyclic esters (lactones) is 1. The lowest BCUT2D eigenvalue weighted by Gasteiger charge is -2.50. The lowest BCUT2D eigenvalue weighted by atomic mass is 9.77. The number of carbonyl (C=O) groups is 1. The smallest absolute Gasteiger partial charge is 0.314 e. The number of carbonyl (C=O) groups excluding carboxylic acids is 1. The van der Waals surface area contributed by atoms with Crippen molar-refractivity contribution in [3.05, 3.63) is 0 Å². The van der Waals surface area contributed by atoms with Crippen LogP contribution in [0.2, 0.25) is 0 Å². The summed E-state index contributed by atoms with van der Waals surface area (Å²) in [6.45, 7) is 10.6. The summed E-state index contributed by atoms with van der Waals surface area (Å²) in [7, 11) is 0. The van der Waals surface area contributed by atoms with Gasteiger partial charge in [0.15, 0.2) is 0 Å². The second kappa shape index (κ2) is 8.17. The Morgan fingerprint density at radius 1 is 0.905 bits per heavy atom. The first-order chi connectivity index (χ1) is 10.0. The molecule has 0 aromatic carbocycles. The quantitative estimate of drug-likeness (QED) is 0.432. The third-order valence-electron chi connectivity index (χ3n) is 5.22. The zero-order valence-electron chi connectivity index (χ0n) is 14.7. The van der Waals surface area contributed by atoms with Crippen LogP contribution in [0.4, 0.5) is 0 Å². The number of rotatable bonds is 9. The molecule has 3 heteroatoms. The Bertz CT molecular complexity index is 316. The lowest BCUT2D eigenvalue weighted by Crippen LogP contribution is -2.58. The molecule has 0 aliphatic carbocycles. The van der Waals surface area contributed by atoms with Crippen molar-refractivity contribution in [1.29, 1.82) is 0 Å². The summed E-state index contributed by atoms with van der Waals surface area (Å²) in [6.07, 6.45) is 8.82. The molecule has 0 N–H and O–H groups in total. The van der Waals surface area contributed by atoms with E-state index in [0.29, 0.717) is 0 Å². The minimum atomic E-state index is -0.705. The summed E-state index contributed by atoms with van der Waals surface area (Å²) in [4.78, 5) is 12.6. The van der Waals surface area contributed by atoms with Crippen LogP contribution >= 0.6 is 0 Å². The highest BCUT2D eigenvalue weighted by atomic mass is 16.7. The van der Waals surface area contributed by atoms with Gasteiger partial charge in [0, 0.05) is 12.8 Å². The van der Waals surface area contributed by atoms with E-state index in [1.54, 1.807) is 0 Å². The average Bonchev–Trinajstić information content (AvgIpc) is 2.52. The molecule has 0 amide bonds. The van der Waals surface area contributed by atoms with Gasteiger partial charge in [0.1, 0.15) is 0 Å². The largest absolute Gasteiger partial charge is 0.433 e. The van der Waals surface area contributed by atoms with Crippen LogP contribution in [0.25, 0.3) is 0 Å². The fraction of sp³-hybridized carbons (Fsp3) is 0.944. The number of esters is 1. The van der Waals surface area contributed by atoms with Crippen molar-refractivity contribution in [2.75, 3.05) is 0 Å². The molecule has 3 nitrogen and oxygen atoms in total. The Morgan fingerprint density at radius 3 is 2.00 bits per heavy atom. The first kappa shape index (κ1) is 18.5. The van der Waals surface area contributed by atoms with Crippen LogP contribution in [-0.2, 0) is 14.3 Å². The van der Waals surface area contributed by atoms with Gasteiger partial charge in [-0.05, 0) is 19.3 Å². The molecule has 1 rings (SSSR count). The topological polar surface area (TPSA) is 35.5 Å². The number of ether oxygens (including phenoxy) is 2. The van der Waals surface area contributed by atoms with Crippen molar-refractivity contribution in [2.24, 2.45) is 5.92 Å². The molecule has 0 saturated carbocycles. The van der Waals surface area contributed by atoms with Gasteiger partial charge in [-0.2, -0.15) is 0 Å². The van der Waals surface area contributed by atoms with E-state index in [2.05, 4.69) is 20.8 Å². The van der Waals surface area contributed by atoms with E-state index in [4.69, 9.17) is 9.47 Å². The summed E-state index contributed by atoms with van der Waals surface area (Å²) >= 11 is 0. The standard InChI is InChI=1S/C18H34O3/c1-6-11-12-13-14-15-16(19)20-18(9-4,10-5)21-17(15,7-2)8-3/h15H,6-14H2,1-5H3. The molecule has 1 aliphatic heterocycles. The van der Waals surface area contributed by atoms with Gasteiger partial charge in [0.25, 0.3) is 0 Å². The predicted octanol–water partition coefficient (Wildman–Crippen LogP) is 5.22. The van der Waals surface area contributed by atoms with Crippen molar-refractivity contribution < 1.29 is 14.3 Å². The Kier molecular flexibility index (Phi) is 7.19. The second-order valence-electron chi connectivity index (χ2n) is 6.31. The van der Waals surface area contributed by atoms with Gasteiger partial charge in [-0.15, -0.1) is 0 Å². The minimum Gasteiger partial charge on any atom is -0.433 e. The van der Waals surface area contributed by atoms with Crippen molar-refractivity contribution in [2.45, 2.75) is 104 Å². The fourth-order valence-electron chi connectivity index (χ4n) is 3.51. The lowest BCUT2D eigenvalue weighted by molar-refractivity contribution is -0.325. The molecule has 1 fully saturated rings. The van der Waals surface area contributed by atoms with Crippen LogP contribution in [0.3, 0.4) is 0 Å². The van der Waals surface area contributed by atoms with Gasteiger partial charge in [-0.1, -0.05) is 60.3 Å². The third-order valence-corrected chi connectivity index (χ3v) is 5.22. The van der Waals surface area contributed by atoms with Gasteiger partial charge in [-0.25, -0.2) is 0 Å². The monoisotopic (exact) mass is 298 g/mol. The average molecular weight is 298 g/mol. The maximum absolute atomic E-state index is 12.6. The number of unbranched alkanes of at least 4 members (excludes halogenated alkanes) is 3. The molecule has 1 heterocycles. The summed E-state index contributed by atoms with van der Waals surface area (Å²) in [5, 5.41) is 0. The molecule has 124 valence electrons. The SMILES string of the molecule is CCCCCCC1C(=O)OC(CC)(CC)OC1(CC)CC. The summed E-state index contributed by atoms with van der Waals surface area (Å²) < 4.78 is 12.2. The van der Waals surface area contributed by atoms with E-state index in [0.717, 1.165) is 38.5 Å². The number of hydrogen-bond acceptors (Lipinski definition) is 3. The Balaban J connectivity index is 2.88. The van der Waals surface area contributed by atoms with E-state index >= 15 is 0 Å². The number of hydrogen-bond donors (Lipinski definition) is 0. The minimum absolute atomic E-state index is 0.0369. The van der Waals surface area contributed by atoms with Crippen LogP contribution in [-0.4, -0.2) is 17.4 Å². The molecule has 21 heavy (non-hydrogen) atoms. The van der Waals surface area contributed by atoms with E-state index in [-0.39, 0.29) is 17.5 Å². The van der Waals surface area contributed by atoms with Crippen molar-refractivity contribution >= 4 is 5.97 Å². The summed E-state index contributed by atoms with van der Waals surface area (Å²) in [5.41, 5.74) is -0.340. The van der Waals surface area contributed by atoms with Crippen molar-refractivity contribution in [3.8, 4) is 0 Å². The molecule has 1 saturated heterocycles. The maximum Gasteiger partial charge on any atom is 0.314 e. The molecular formula is C18H34O3. The van der Waals surface area contributed by atoms with Crippen LogP contribution < -0.4 is 0 Å². The van der Waals surface area contributed by atoms with Crippen LogP contribution in [0, 0.1) is 5.92 Å². The van der Waals surface area contributed by atoms with Gasteiger partial charge in [-0.3, -0.25) is 4.79 Å². The second-order valence-corrected chi connectivity index (χ2v) is 6.31. The van der Waals surface area contributed by atoms with Crippen LogP contribution in [0.5, 0.6) is 0 Å². The van der Waals surface area contributed by atoms with Gasteiger partial charge >= 0.3 is 5.97 Å². The molecule has 0 aromatic heterocycles. The first-order valence-electron chi connectivity index (χ1n) is 8.96. The van der Waals surface area contributed by atoms with Crippen molar-refractivity contribution in [1.82, 2.24) is 0 Å². The molecule has 1 unspecified atom stereocenters. The summed E-state index contributed by atoms with van der Waals surface area (Å²) in [6, 6.07) is 0. The first-order valence-corrected chi connectivity index (χ1v) is 8.96. The van der Waals surface area contributed by atoms with E-state index in [9.17, 15) is 4.79 Å². The molecule has 0 aromatic rings. The predicted molar refractivity (Wildman–Crippen MR) is 86.1 cm³/mol. The van der Waals surface area contributed by atoms with Gasteiger partial charge < -0.3 is 9.47 Å². The maximum atomic E-state index is 12.6. The Labute approximate surface area is 130 Å². The normalized spacial score (nSPS) is 23.9. The zero-order chi connectivity index (χ0) is 15.9. The molecule has 1 aliphatic rings. The molecule has 0 bridgehead atoms. The van der Waals surface area contributed by atoms with Gasteiger partial charge in [0.2, 0.25) is 5.79 Å². The fourth-order valence-corrected chi connectivity index (χ4v) is 3.51. The highest BCUT2D eigenvalue weighted by Gasteiger charge is 2.53. The van der Waals surface area contributed by atoms with E-state index in [1.807, 2.05) is 13.8 Å². The Morgan fingerprint density at radius 2 is 1.52 bits per heavy atom. The van der Waals surface area contributed by atoms with Crippen LogP contribution in [0.15, 0.2) is 0 Å². The molecule has 1 atom stereocenters. The molecule has 0 spiro atoms. The summed E-state index contributed by atoms with van der Waals surface area (Å²) in [5.74, 6) is -0.844. The highest BCUT2D eigenvalue weighted by Crippen LogP contribution is 2.45. The third kappa shape index (κ3) is 4.00. The molecular weight excluding hydrogens is 264 g/mol. The van der Waals surface area contributed by atoms with Crippen LogP contribution in [0.1, 0.15) is 92.4 Å². The zero-order valence-corrected chi connectivity index (χ0v) is 14.7. The van der Waals surface area contributed by atoms with Crippen molar-refractivity contribution in [3.63, 3.8) is 0 Å². The molecule has 0 radical (unpaired) electrons. The van der Waals surface area contributed by atoms with E-state index in [1.165, 1.54) is 19.3 Å². The van der Waals surface area contributed by atoms with Gasteiger partial charge in [0.05, 0.1) is 11.5 Å². The van der Waals surface area contributed by atoms with E-state index < -0.39 is 5.79 Å². The Hall–Kier alpha value is -0.570. The highest BCUT2D eigenvalue weighted by molar-refractivity contribution is 5.75.